The first-order valence-corrected chi connectivity index (χ1v) is 7.05. The van der Waals surface area contributed by atoms with Gasteiger partial charge in [-0.25, -0.2) is 4.79 Å². The summed E-state index contributed by atoms with van der Waals surface area (Å²) in [7, 11) is 0. The minimum Gasteiger partial charge on any atom is -0.444 e. The van der Waals surface area contributed by atoms with E-state index < -0.39 is 5.60 Å². The molecule has 0 fully saturated rings. The Morgan fingerprint density at radius 1 is 1.35 bits per heavy atom. The molecule has 1 aromatic rings. The van der Waals surface area contributed by atoms with Crippen LogP contribution in [0, 0.1) is 0 Å². The predicted octanol–water partition coefficient (Wildman–Crippen LogP) is 3.42. The summed E-state index contributed by atoms with van der Waals surface area (Å²) in [6.07, 6.45) is -0.356. The predicted molar refractivity (Wildman–Crippen MR) is 81.7 cm³/mol. The Bertz CT molecular complexity index is 440. The molecule has 2 N–H and O–H groups in total. The van der Waals surface area contributed by atoms with E-state index in [0.29, 0.717) is 18.1 Å². The van der Waals surface area contributed by atoms with Gasteiger partial charge in [-0.05, 0) is 45.4 Å². The van der Waals surface area contributed by atoms with Crippen LogP contribution < -0.4 is 5.73 Å². The minimum atomic E-state index is -0.524. The van der Waals surface area contributed by atoms with Gasteiger partial charge in [0, 0.05) is 24.2 Å². The molecule has 0 saturated carbocycles. The highest BCUT2D eigenvalue weighted by atomic mass is 35.5. The van der Waals surface area contributed by atoms with Gasteiger partial charge < -0.3 is 10.5 Å². The number of carbonyl (C=O) groups is 1. The van der Waals surface area contributed by atoms with E-state index in [1.807, 2.05) is 39.8 Å². The second-order valence-electron chi connectivity index (χ2n) is 5.82. The molecule has 20 heavy (non-hydrogen) atoms. The second kappa shape index (κ2) is 6.95. The van der Waals surface area contributed by atoms with Crippen LogP contribution in [0.4, 0.5) is 4.79 Å². The maximum atomic E-state index is 12.3. The SMILES string of the molecule is C[C@@H](CN)N(Cc1ccc(Cl)cc1)C(=O)OC(C)(C)C. The Labute approximate surface area is 125 Å². The standard InChI is InChI=1S/C15H23ClN2O2/c1-11(9-17)18(14(19)20-15(2,3)4)10-12-5-7-13(16)8-6-12/h5-8,11H,9-10,17H2,1-4H3/t11-/m0/s1. The molecular formula is C15H23ClN2O2. The van der Waals surface area contributed by atoms with Gasteiger partial charge in [-0.3, -0.25) is 4.90 Å². The van der Waals surface area contributed by atoms with Gasteiger partial charge in [-0.15, -0.1) is 0 Å². The number of benzene rings is 1. The molecule has 0 heterocycles. The Morgan fingerprint density at radius 2 is 1.90 bits per heavy atom. The zero-order chi connectivity index (χ0) is 15.3. The quantitative estimate of drug-likeness (QED) is 0.926. The average molecular weight is 299 g/mol. The summed E-state index contributed by atoms with van der Waals surface area (Å²) in [5.41, 5.74) is 6.14. The van der Waals surface area contributed by atoms with Crippen molar-refractivity contribution < 1.29 is 9.53 Å². The summed E-state index contributed by atoms with van der Waals surface area (Å²) >= 11 is 5.86. The molecule has 0 aromatic heterocycles. The molecule has 112 valence electrons. The molecule has 0 bridgehead atoms. The number of carbonyl (C=O) groups excluding carboxylic acids is 1. The van der Waals surface area contributed by atoms with Crippen molar-refractivity contribution in [2.24, 2.45) is 5.73 Å². The van der Waals surface area contributed by atoms with E-state index in [-0.39, 0.29) is 12.1 Å². The van der Waals surface area contributed by atoms with Gasteiger partial charge in [0.2, 0.25) is 0 Å². The third-order valence-electron chi connectivity index (χ3n) is 2.77. The molecule has 1 aromatic carbocycles. The average Bonchev–Trinajstić information content (AvgIpc) is 2.35. The number of hydrogen-bond donors (Lipinski definition) is 1. The monoisotopic (exact) mass is 298 g/mol. The van der Waals surface area contributed by atoms with Crippen molar-refractivity contribution >= 4 is 17.7 Å². The first-order valence-electron chi connectivity index (χ1n) is 6.67. The topological polar surface area (TPSA) is 55.6 Å². The molecular weight excluding hydrogens is 276 g/mol. The van der Waals surface area contributed by atoms with Crippen LogP contribution >= 0.6 is 11.6 Å². The van der Waals surface area contributed by atoms with E-state index >= 15 is 0 Å². The normalized spacial score (nSPS) is 12.9. The molecule has 0 unspecified atom stereocenters. The molecule has 0 spiro atoms. The molecule has 1 rings (SSSR count). The molecule has 1 amide bonds. The lowest BCUT2D eigenvalue weighted by Gasteiger charge is -2.31. The van der Waals surface area contributed by atoms with Crippen LogP contribution in [-0.2, 0) is 11.3 Å². The zero-order valence-electron chi connectivity index (χ0n) is 12.5. The Morgan fingerprint density at radius 3 is 2.35 bits per heavy atom. The van der Waals surface area contributed by atoms with Crippen LogP contribution in [0.25, 0.3) is 0 Å². The van der Waals surface area contributed by atoms with E-state index in [1.165, 1.54) is 0 Å². The van der Waals surface area contributed by atoms with E-state index in [0.717, 1.165) is 5.56 Å². The van der Waals surface area contributed by atoms with Crippen molar-refractivity contribution in [2.45, 2.75) is 45.9 Å². The van der Waals surface area contributed by atoms with Crippen LogP contribution in [0.3, 0.4) is 0 Å². The van der Waals surface area contributed by atoms with Crippen LogP contribution in [0.15, 0.2) is 24.3 Å². The number of halogens is 1. The lowest BCUT2D eigenvalue weighted by atomic mass is 10.2. The largest absolute Gasteiger partial charge is 0.444 e. The van der Waals surface area contributed by atoms with Crippen LogP contribution in [0.1, 0.15) is 33.3 Å². The van der Waals surface area contributed by atoms with Crippen molar-refractivity contribution in [1.82, 2.24) is 4.90 Å². The van der Waals surface area contributed by atoms with Gasteiger partial charge in [0.1, 0.15) is 5.60 Å². The third kappa shape index (κ3) is 5.39. The Kier molecular flexibility index (Phi) is 5.84. The molecule has 4 nitrogen and oxygen atoms in total. The van der Waals surface area contributed by atoms with E-state index in [9.17, 15) is 4.79 Å². The molecule has 0 radical (unpaired) electrons. The molecule has 0 saturated heterocycles. The first kappa shape index (κ1) is 16.8. The smallest absolute Gasteiger partial charge is 0.410 e. The Hall–Kier alpha value is -1.26. The lowest BCUT2D eigenvalue weighted by Crippen LogP contribution is -2.44. The van der Waals surface area contributed by atoms with Crippen LogP contribution in [-0.4, -0.2) is 29.2 Å². The summed E-state index contributed by atoms with van der Waals surface area (Å²) in [5.74, 6) is 0. The van der Waals surface area contributed by atoms with Gasteiger partial charge in [-0.2, -0.15) is 0 Å². The number of ether oxygens (including phenoxy) is 1. The fourth-order valence-electron chi connectivity index (χ4n) is 1.63. The van der Waals surface area contributed by atoms with E-state index in [4.69, 9.17) is 22.1 Å². The molecule has 0 aliphatic rings. The summed E-state index contributed by atoms with van der Waals surface area (Å²) < 4.78 is 5.42. The molecule has 0 aliphatic carbocycles. The maximum absolute atomic E-state index is 12.3. The summed E-state index contributed by atoms with van der Waals surface area (Å²) in [5, 5.41) is 0.671. The van der Waals surface area contributed by atoms with E-state index in [2.05, 4.69) is 0 Å². The molecule has 1 atom stereocenters. The molecule has 5 heteroatoms. The highest BCUT2D eigenvalue weighted by Gasteiger charge is 2.25. The highest BCUT2D eigenvalue weighted by molar-refractivity contribution is 6.30. The van der Waals surface area contributed by atoms with E-state index in [1.54, 1.807) is 17.0 Å². The van der Waals surface area contributed by atoms with Gasteiger partial charge in [0.25, 0.3) is 0 Å². The second-order valence-corrected chi connectivity index (χ2v) is 6.26. The van der Waals surface area contributed by atoms with Gasteiger partial charge in [0.05, 0.1) is 0 Å². The van der Waals surface area contributed by atoms with Crippen molar-refractivity contribution in [1.29, 1.82) is 0 Å². The zero-order valence-corrected chi connectivity index (χ0v) is 13.3. The first-order chi connectivity index (χ1) is 9.23. The summed E-state index contributed by atoms with van der Waals surface area (Å²) in [6, 6.07) is 7.29. The number of nitrogens with zero attached hydrogens (tertiary/aromatic N) is 1. The number of nitrogens with two attached hydrogens (primary N) is 1. The van der Waals surface area contributed by atoms with Crippen molar-refractivity contribution in [3.05, 3.63) is 34.9 Å². The Balaban J connectivity index is 2.84. The maximum Gasteiger partial charge on any atom is 0.410 e. The highest BCUT2D eigenvalue weighted by Crippen LogP contribution is 2.16. The van der Waals surface area contributed by atoms with Crippen LogP contribution in [0.5, 0.6) is 0 Å². The van der Waals surface area contributed by atoms with Crippen molar-refractivity contribution in [2.75, 3.05) is 6.54 Å². The molecule has 0 aliphatic heterocycles. The lowest BCUT2D eigenvalue weighted by molar-refractivity contribution is 0.0163. The fraction of sp³-hybridized carbons (Fsp3) is 0.533. The number of amides is 1. The summed E-state index contributed by atoms with van der Waals surface area (Å²) in [4.78, 5) is 13.9. The summed E-state index contributed by atoms with van der Waals surface area (Å²) in [6.45, 7) is 8.27. The van der Waals surface area contributed by atoms with Gasteiger partial charge in [-0.1, -0.05) is 23.7 Å². The number of rotatable bonds is 4. The third-order valence-corrected chi connectivity index (χ3v) is 3.02. The fourth-order valence-corrected chi connectivity index (χ4v) is 1.76. The van der Waals surface area contributed by atoms with Crippen LogP contribution in [0.2, 0.25) is 5.02 Å². The minimum absolute atomic E-state index is 0.0967. The van der Waals surface area contributed by atoms with Crippen molar-refractivity contribution in [3.63, 3.8) is 0 Å². The van der Waals surface area contributed by atoms with Gasteiger partial charge >= 0.3 is 6.09 Å². The van der Waals surface area contributed by atoms with Gasteiger partial charge in [0.15, 0.2) is 0 Å². The van der Waals surface area contributed by atoms with Crippen molar-refractivity contribution in [3.8, 4) is 0 Å². The number of hydrogen-bond acceptors (Lipinski definition) is 3.